The second kappa shape index (κ2) is 5.16. The van der Waals surface area contributed by atoms with Gasteiger partial charge >= 0.3 is 5.97 Å². The number of carboxylic acids is 1. The van der Waals surface area contributed by atoms with Gasteiger partial charge in [0.2, 0.25) is 5.91 Å². The van der Waals surface area contributed by atoms with Crippen molar-refractivity contribution in [3.05, 3.63) is 35.6 Å². The Kier molecular flexibility index (Phi) is 3.60. The minimum Gasteiger partial charge on any atom is -0.481 e. The van der Waals surface area contributed by atoms with E-state index in [0.29, 0.717) is 12.0 Å². The Morgan fingerprint density at radius 2 is 2.28 bits per heavy atom. The zero-order valence-electron chi connectivity index (χ0n) is 9.80. The van der Waals surface area contributed by atoms with Gasteiger partial charge in [0.1, 0.15) is 5.82 Å². The number of hydrogen-bond donors (Lipinski definition) is 1. The molecule has 1 aliphatic heterocycles. The summed E-state index contributed by atoms with van der Waals surface area (Å²) in [6, 6.07) is 5.99. The summed E-state index contributed by atoms with van der Waals surface area (Å²) >= 11 is 0. The van der Waals surface area contributed by atoms with Crippen LogP contribution in [0.3, 0.4) is 0 Å². The maximum Gasteiger partial charge on any atom is 0.308 e. The summed E-state index contributed by atoms with van der Waals surface area (Å²) in [6.45, 7) is 0.463. The Morgan fingerprint density at radius 1 is 1.50 bits per heavy atom. The van der Waals surface area contributed by atoms with E-state index in [1.807, 2.05) is 0 Å². The minimum atomic E-state index is -0.883. The number of carboxylic acid groups (broad SMARTS) is 1. The minimum absolute atomic E-state index is 0.0724. The van der Waals surface area contributed by atoms with Gasteiger partial charge in [0.25, 0.3) is 0 Å². The number of piperidine rings is 1. The number of amides is 1. The molecule has 1 aromatic carbocycles. The highest BCUT2D eigenvalue weighted by Gasteiger charge is 2.29. The van der Waals surface area contributed by atoms with Crippen LogP contribution in [0.5, 0.6) is 0 Å². The van der Waals surface area contributed by atoms with E-state index < -0.39 is 11.9 Å². The van der Waals surface area contributed by atoms with Crippen molar-refractivity contribution in [1.82, 2.24) is 4.90 Å². The van der Waals surface area contributed by atoms with Crippen LogP contribution in [0.15, 0.2) is 24.3 Å². The van der Waals surface area contributed by atoms with Crippen LogP contribution in [0.25, 0.3) is 0 Å². The zero-order chi connectivity index (χ0) is 13.1. The number of hydrogen-bond acceptors (Lipinski definition) is 2. The van der Waals surface area contributed by atoms with Crippen LogP contribution in [-0.2, 0) is 16.1 Å². The molecule has 18 heavy (non-hydrogen) atoms. The van der Waals surface area contributed by atoms with Crippen molar-refractivity contribution in [3.8, 4) is 0 Å². The Labute approximate surface area is 104 Å². The maximum absolute atomic E-state index is 13.0. The van der Waals surface area contributed by atoms with Gasteiger partial charge in [-0.3, -0.25) is 9.59 Å². The molecule has 0 saturated carbocycles. The lowest BCUT2D eigenvalue weighted by molar-refractivity contribution is -0.147. The molecule has 5 heteroatoms. The lowest BCUT2D eigenvalue weighted by Gasteiger charge is -2.30. The summed E-state index contributed by atoms with van der Waals surface area (Å²) < 4.78 is 13.0. The molecule has 1 unspecified atom stereocenters. The van der Waals surface area contributed by atoms with Crippen LogP contribution in [0.2, 0.25) is 0 Å². The van der Waals surface area contributed by atoms with Gasteiger partial charge in [-0.15, -0.1) is 0 Å². The van der Waals surface area contributed by atoms with E-state index in [9.17, 15) is 14.0 Å². The molecule has 1 atom stereocenters. The van der Waals surface area contributed by atoms with Crippen molar-refractivity contribution in [2.75, 3.05) is 6.54 Å². The molecule has 1 aromatic rings. The molecule has 1 saturated heterocycles. The van der Waals surface area contributed by atoms with Gasteiger partial charge in [0, 0.05) is 19.5 Å². The van der Waals surface area contributed by atoms with Crippen molar-refractivity contribution in [3.63, 3.8) is 0 Å². The van der Waals surface area contributed by atoms with E-state index >= 15 is 0 Å². The average Bonchev–Trinajstić information content (AvgIpc) is 2.31. The Morgan fingerprint density at radius 3 is 2.94 bits per heavy atom. The maximum atomic E-state index is 13.0. The summed E-state index contributed by atoms with van der Waals surface area (Å²) in [4.78, 5) is 24.1. The van der Waals surface area contributed by atoms with E-state index in [1.165, 1.54) is 17.0 Å². The second-order valence-electron chi connectivity index (χ2n) is 4.48. The van der Waals surface area contributed by atoms with E-state index in [1.54, 1.807) is 12.1 Å². The van der Waals surface area contributed by atoms with Gasteiger partial charge in [0.15, 0.2) is 0 Å². The standard InChI is InChI=1S/C13H14FNO3/c14-11-3-1-2-9(6-11)7-15-8-10(13(17)18)4-5-12(15)16/h1-3,6,10H,4-5,7-8H2,(H,17,18). The van der Waals surface area contributed by atoms with Crippen LogP contribution < -0.4 is 0 Å². The predicted octanol–water partition coefficient (Wildman–Crippen LogP) is 1.65. The molecule has 2 rings (SSSR count). The van der Waals surface area contributed by atoms with Gasteiger partial charge < -0.3 is 10.0 Å². The molecule has 1 aliphatic rings. The van der Waals surface area contributed by atoms with E-state index in [0.717, 1.165) is 0 Å². The third-order valence-corrected chi connectivity index (χ3v) is 3.11. The first-order chi connectivity index (χ1) is 8.56. The lowest BCUT2D eigenvalue weighted by Crippen LogP contribution is -2.42. The van der Waals surface area contributed by atoms with E-state index in [4.69, 9.17) is 5.11 Å². The first-order valence-corrected chi connectivity index (χ1v) is 5.81. The van der Waals surface area contributed by atoms with Crippen molar-refractivity contribution in [2.45, 2.75) is 19.4 Å². The molecule has 4 nitrogen and oxygen atoms in total. The van der Waals surface area contributed by atoms with Gasteiger partial charge in [-0.2, -0.15) is 0 Å². The second-order valence-corrected chi connectivity index (χ2v) is 4.48. The first-order valence-electron chi connectivity index (χ1n) is 5.81. The molecular weight excluding hydrogens is 237 g/mol. The van der Waals surface area contributed by atoms with Crippen LogP contribution in [0, 0.1) is 11.7 Å². The van der Waals surface area contributed by atoms with Crippen molar-refractivity contribution < 1.29 is 19.1 Å². The van der Waals surface area contributed by atoms with Crippen LogP contribution >= 0.6 is 0 Å². The fraction of sp³-hybridized carbons (Fsp3) is 0.385. The van der Waals surface area contributed by atoms with Crippen LogP contribution in [0.4, 0.5) is 4.39 Å². The fourth-order valence-corrected chi connectivity index (χ4v) is 2.12. The largest absolute Gasteiger partial charge is 0.481 e. The van der Waals surface area contributed by atoms with Crippen molar-refractivity contribution >= 4 is 11.9 Å². The van der Waals surface area contributed by atoms with E-state index in [2.05, 4.69) is 0 Å². The molecule has 0 aromatic heterocycles. The fourth-order valence-electron chi connectivity index (χ4n) is 2.12. The number of rotatable bonds is 3. The van der Waals surface area contributed by atoms with Crippen LogP contribution in [0.1, 0.15) is 18.4 Å². The number of benzene rings is 1. The monoisotopic (exact) mass is 251 g/mol. The molecule has 0 bridgehead atoms. The molecule has 1 heterocycles. The Bertz CT molecular complexity index is 475. The van der Waals surface area contributed by atoms with Gasteiger partial charge in [-0.25, -0.2) is 4.39 Å². The number of carbonyl (C=O) groups is 2. The van der Waals surface area contributed by atoms with Gasteiger partial charge in [0.05, 0.1) is 5.92 Å². The highest BCUT2D eigenvalue weighted by Crippen LogP contribution is 2.20. The molecule has 0 radical (unpaired) electrons. The molecule has 1 fully saturated rings. The van der Waals surface area contributed by atoms with Crippen molar-refractivity contribution in [2.24, 2.45) is 5.92 Å². The molecule has 1 N–H and O–H groups in total. The topological polar surface area (TPSA) is 57.6 Å². The Balaban J connectivity index is 2.07. The molecule has 96 valence electrons. The summed E-state index contributed by atoms with van der Waals surface area (Å²) in [5.74, 6) is -1.83. The summed E-state index contributed by atoms with van der Waals surface area (Å²) in [5.41, 5.74) is 0.675. The summed E-state index contributed by atoms with van der Waals surface area (Å²) in [7, 11) is 0. The lowest BCUT2D eigenvalue weighted by atomic mass is 9.97. The zero-order valence-corrected chi connectivity index (χ0v) is 9.80. The molecule has 1 amide bonds. The quantitative estimate of drug-likeness (QED) is 0.888. The first kappa shape index (κ1) is 12.5. The third-order valence-electron chi connectivity index (χ3n) is 3.11. The summed E-state index contributed by atoms with van der Waals surface area (Å²) in [5, 5.41) is 8.95. The number of aliphatic carboxylic acids is 1. The Hall–Kier alpha value is -1.91. The highest BCUT2D eigenvalue weighted by molar-refractivity contribution is 5.80. The average molecular weight is 251 g/mol. The third kappa shape index (κ3) is 2.85. The number of likely N-dealkylation sites (tertiary alicyclic amines) is 1. The highest BCUT2D eigenvalue weighted by atomic mass is 19.1. The molecule has 0 aliphatic carbocycles. The molecule has 0 spiro atoms. The van der Waals surface area contributed by atoms with Gasteiger partial charge in [-0.05, 0) is 24.1 Å². The smallest absolute Gasteiger partial charge is 0.308 e. The normalized spacial score (nSPS) is 19.9. The SMILES string of the molecule is O=C(O)C1CCC(=O)N(Cc2cccc(F)c2)C1. The number of carbonyl (C=O) groups excluding carboxylic acids is 1. The van der Waals surface area contributed by atoms with Crippen molar-refractivity contribution in [1.29, 1.82) is 0 Å². The predicted molar refractivity (Wildman–Crippen MR) is 62.2 cm³/mol. The van der Waals surface area contributed by atoms with Gasteiger partial charge in [-0.1, -0.05) is 12.1 Å². The molecular formula is C13H14FNO3. The number of halogens is 1. The van der Waals surface area contributed by atoms with E-state index in [-0.39, 0.29) is 31.2 Å². The van der Waals surface area contributed by atoms with Crippen LogP contribution in [-0.4, -0.2) is 28.4 Å². The summed E-state index contributed by atoms with van der Waals surface area (Å²) in [6.07, 6.45) is 0.625. The number of nitrogens with zero attached hydrogens (tertiary/aromatic N) is 1.